The van der Waals surface area contributed by atoms with Gasteiger partial charge in [-0.25, -0.2) is 4.98 Å². The Hall–Kier alpha value is -1.30. The molecule has 3 nitrogen and oxygen atoms in total. The van der Waals surface area contributed by atoms with E-state index in [0.29, 0.717) is 0 Å². The normalized spacial score (nSPS) is 10.2. The Labute approximate surface area is 98.1 Å². The Bertz CT molecular complexity index is 285. The van der Waals surface area contributed by atoms with E-state index in [1.807, 2.05) is 18.7 Å². The molecule has 0 saturated carbocycles. The van der Waals surface area contributed by atoms with Gasteiger partial charge >= 0.3 is 0 Å². The molecule has 0 saturated heterocycles. The van der Waals surface area contributed by atoms with Crippen LogP contribution in [0.25, 0.3) is 0 Å². The van der Waals surface area contributed by atoms with Crippen LogP contribution in [0.3, 0.4) is 0 Å². The molecule has 1 heterocycles. The molecule has 16 heavy (non-hydrogen) atoms. The van der Waals surface area contributed by atoms with E-state index in [-0.39, 0.29) is 0 Å². The molecule has 1 aromatic heterocycles. The quantitative estimate of drug-likeness (QED) is 0.596. The number of aromatic nitrogens is 2. The maximum Gasteiger partial charge on any atom is 0.0945 e. The molecular weight excluding hydrogens is 198 g/mol. The van der Waals surface area contributed by atoms with Crippen molar-refractivity contribution in [1.29, 1.82) is 5.26 Å². The largest absolute Gasteiger partial charge is 0.337 e. The first-order chi connectivity index (χ1) is 7.93. The van der Waals surface area contributed by atoms with Gasteiger partial charge in [0.1, 0.15) is 0 Å². The molecule has 0 spiro atoms. The smallest absolute Gasteiger partial charge is 0.0945 e. The minimum absolute atomic E-state index is 0.723. The van der Waals surface area contributed by atoms with E-state index in [2.05, 4.69) is 15.6 Å². The van der Waals surface area contributed by atoms with Crippen molar-refractivity contribution < 1.29 is 0 Å². The summed E-state index contributed by atoms with van der Waals surface area (Å²) in [5, 5.41) is 8.37. The lowest BCUT2D eigenvalue weighted by Crippen LogP contribution is -1.93. The molecule has 0 unspecified atom stereocenters. The molecule has 1 aromatic rings. The van der Waals surface area contributed by atoms with Gasteiger partial charge in [-0.15, -0.1) is 0 Å². The summed E-state index contributed by atoms with van der Waals surface area (Å²) in [5.74, 6) is 0. The minimum atomic E-state index is 0.723. The zero-order chi connectivity index (χ0) is 11.5. The Balaban J connectivity index is 1.80. The van der Waals surface area contributed by atoms with E-state index in [1.54, 1.807) is 0 Å². The highest BCUT2D eigenvalue weighted by Crippen LogP contribution is 2.08. The number of nitriles is 1. The SMILES string of the molecule is N#CCCCCCCCCCn1ccnc1. The van der Waals surface area contributed by atoms with Crippen LogP contribution in [0.1, 0.15) is 51.4 Å². The van der Waals surface area contributed by atoms with Crippen LogP contribution in [0.4, 0.5) is 0 Å². The number of rotatable bonds is 9. The summed E-state index contributed by atoms with van der Waals surface area (Å²) in [5.41, 5.74) is 0. The van der Waals surface area contributed by atoms with Crippen molar-refractivity contribution in [2.75, 3.05) is 0 Å². The number of hydrogen-bond acceptors (Lipinski definition) is 2. The van der Waals surface area contributed by atoms with Crippen molar-refractivity contribution in [3.63, 3.8) is 0 Å². The average molecular weight is 219 g/mol. The predicted molar refractivity (Wildman–Crippen MR) is 64.8 cm³/mol. The van der Waals surface area contributed by atoms with Crippen molar-refractivity contribution in [3.8, 4) is 6.07 Å². The highest BCUT2D eigenvalue weighted by atomic mass is 15.0. The lowest BCUT2D eigenvalue weighted by atomic mass is 10.1. The fraction of sp³-hybridized carbons (Fsp3) is 0.692. The van der Waals surface area contributed by atoms with E-state index in [0.717, 1.165) is 19.4 Å². The topological polar surface area (TPSA) is 41.6 Å². The maximum absolute atomic E-state index is 8.37. The summed E-state index contributed by atoms with van der Waals surface area (Å²) in [4.78, 5) is 4.02. The number of hydrogen-bond donors (Lipinski definition) is 0. The molecule has 3 heteroatoms. The van der Waals surface area contributed by atoms with Gasteiger partial charge in [0.25, 0.3) is 0 Å². The number of nitrogens with zero attached hydrogens (tertiary/aromatic N) is 3. The summed E-state index contributed by atoms with van der Waals surface area (Å²) in [6.07, 6.45) is 15.2. The first-order valence-electron chi connectivity index (χ1n) is 6.26. The standard InChI is InChI=1S/C13H21N3/c14-9-7-5-3-1-2-4-6-8-11-16-12-10-15-13-16/h10,12-13H,1-8,11H2. The second kappa shape index (κ2) is 8.96. The first-order valence-corrected chi connectivity index (χ1v) is 6.26. The van der Waals surface area contributed by atoms with Crippen molar-refractivity contribution in [2.45, 2.75) is 57.9 Å². The molecule has 0 radical (unpaired) electrons. The van der Waals surface area contributed by atoms with E-state index >= 15 is 0 Å². The van der Waals surface area contributed by atoms with Gasteiger partial charge in [0.15, 0.2) is 0 Å². The molecule has 0 aromatic carbocycles. The third-order valence-electron chi connectivity index (χ3n) is 2.76. The van der Waals surface area contributed by atoms with Gasteiger partial charge in [0.05, 0.1) is 12.4 Å². The van der Waals surface area contributed by atoms with Crippen molar-refractivity contribution in [2.24, 2.45) is 0 Å². The monoisotopic (exact) mass is 219 g/mol. The van der Waals surface area contributed by atoms with Crippen LogP contribution in [0.2, 0.25) is 0 Å². The predicted octanol–water partition coefficient (Wildman–Crippen LogP) is 3.53. The van der Waals surface area contributed by atoms with Gasteiger partial charge in [-0.2, -0.15) is 5.26 Å². The molecular formula is C13H21N3. The number of unbranched alkanes of at least 4 members (excludes halogenated alkanes) is 7. The molecule has 1 rings (SSSR count). The van der Waals surface area contributed by atoms with Crippen LogP contribution in [0.15, 0.2) is 18.7 Å². The van der Waals surface area contributed by atoms with E-state index in [1.165, 1.54) is 38.5 Å². The molecule has 0 amide bonds. The molecule has 0 N–H and O–H groups in total. The van der Waals surface area contributed by atoms with Crippen LogP contribution in [-0.2, 0) is 6.54 Å². The Morgan fingerprint density at radius 2 is 1.69 bits per heavy atom. The summed E-state index contributed by atoms with van der Waals surface area (Å²) < 4.78 is 2.13. The second-order valence-corrected chi connectivity index (χ2v) is 4.18. The van der Waals surface area contributed by atoms with Crippen molar-refractivity contribution >= 4 is 0 Å². The Kier molecular flexibility index (Phi) is 7.15. The zero-order valence-corrected chi connectivity index (χ0v) is 9.94. The number of aryl methyl sites for hydroxylation is 1. The summed E-state index contributed by atoms with van der Waals surface area (Å²) in [6.45, 7) is 1.09. The highest BCUT2D eigenvalue weighted by Gasteiger charge is 1.93. The van der Waals surface area contributed by atoms with Crippen LogP contribution in [-0.4, -0.2) is 9.55 Å². The molecule has 0 fully saturated rings. The maximum atomic E-state index is 8.37. The van der Waals surface area contributed by atoms with Crippen LogP contribution in [0.5, 0.6) is 0 Å². The van der Waals surface area contributed by atoms with Gasteiger partial charge in [-0.1, -0.05) is 32.1 Å². The Morgan fingerprint density at radius 1 is 1.00 bits per heavy atom. The van der Waals surface area contributed by atoms with Crippen LogP contribution >= 0.6 is 0 Å². The Morgan fingerprint density at radius 3 is 2.31 bits per heavy atom. The summed E-state index contributed by atoms with van der Waals surface area (Å²) >= 11 is 0. The molecule has 0 atom stereocenters. The third-order valence-corrected chi connectivity index (χ3v) is 2.76. The molecule has 0 aliphatic rings. The zero-order valence-electron chi connectivity index (χ0n) is 9.94. The molecule has 88 valence electrons. The van der Waals surface area contributed by atoms with E-state index < -0.39 is 0 Å². The van der Waals surface area contributed by atoms with E-state index in [9.17, 15) is 0 Å². The first kappa shape index (κ1) is 12.8. The van der Waals surface area contributed by atoms with Gasteiger partial charge in [0, 0.05) is 25.4 Å². The lowest BCUT2D eigenvalue weighted by Gasteiger charge is -2.02. The highest BCUT2D eigenvalue weighted by molar-refractivity contribution is 4.73. The molecule has 0 aliphatic carbocycles. The van der Waals surface area contributed by atoms with Gasteiger partial charge in [-0.3, -0.25) is 0 Å². The van der Waals surface area contributed by atoms with Crippen molar-refractivity contribution in [1.82, 2.24) is 9.55 Å². The number of imidazole rings is 1. The fourth-order valence-corrected chi connectivity index (χ4v) is 1.80. The molecule has 0 aliphatic heterocycles. The third kappa shape index (κ3) is 6.23. The van der Waals surface area contributed by atoms with Gasteiger partial charge in [0.2, 0.25) is 0 Å². The van der Waals surface area contributed by atoms with E-state index in [4.69, 9.17) is 5.26 Å². The summed E-state index contributed by atoms with van der Waals surface area (Å²) in [7, 11) is 0. The van der Waals surface area contributed by atoms with Gasteiger partial charge in [-0.05, 0) is 12.8 Å². The fourth-order valence-electron chi connectivity index (χ4n) is 1.80. The summed E-state index contributed by atoms with van der Waals surface area (Å²) in [6, 6.07) is 2.19. The second-order valence-electron chi connectivity index (χ2n) is 4.18. The average Bonchev–Trinajstić information content (AvgIpc) is 2.80. The van der Waals surface area contributed by atoms with Crippen molar-refractivity contribution in [3.05, 3.63) is 18.7 Å². The van der Waals surface area contributed by atoms with Crippen LogP contribution in [0, 0.1) is 11.3 Å². The molecule has 0 bridgehead atoms. The minimum Gasteiger partial charge on any atom is -0.337 e. The van der Waals surface area contributed by atoms with Gasteiger partial charge < -0.3 is 4.57 Å². The van der Waals surface area contributed by atoms with Crippen LogP contribution < -0.4 is 0 Å². The lowest BCUT2D eigenvalue weighted by molar-refractivity contribution is 0.547.